The van der Waals surface area contributed by atoms with Crippen LogP contribution in [0.15, 0.2) is 0 Å². The molecule has 1 fully saturated rings. The Bertz CT molecular complexity index is 63.1. The molecule has 0 amide bonds. The summed E-state index contributed by atoms with van der Waals surface area (Å²) in [5, 5.41) is 0. The van der Waals surface area contributed by atoms with Crippen LogP contribution in [0, 0.1) is 0 Å². The first-order valence-electron chi connectivity index (χ1n) is 3.13. The minimum atomic E-state index is 0.0833. The van der Waals surface area contributed by atoms with Crippen molar-refractivity contribution >= 4 is 0 Å². The predicted molar refractivity (Wildman–Crippen MR) is 30.3 cm³/mol. The van der Waals surface area contributed by atoms with Crippen molar-refractivity contribution in [3.05, 3.63) is 0 Å². The van der Waals surface area contributed by atoms with E-state index in [1.165, 1.54) is 0 Å². The van der Waals surface area contributed by atoms with E-state index in [9.17, 15) is 0 Å². The first kappa shape index (κ1) is 6.05. The van der Waals surface area contributed by atoms with Crippen LogP contribution in [-0.4, -0.2) is 12.2 Å². The molecule has 0 atom stereocenters. The first-order chi connectivity index (χ1) is 3.83. The van der Waals surface area contributed by atoms with Gasteiger partial charge in [0.2, 0.25) is 0 Å². The van der Waals surface area contributed by atoms with E-state index in [-0.39, 0.29) is 5.60 Å². The molecule has 0 spiro atoms. The van der Waals surface area contributed by atoms with Gasteiger partial charge < -0.3 is 0 Å². The summed E-state index contributed by atoms with van der Waals surface area (Å²) >= 11 is 0. The summed E-state index contributed by atoms with van der Waals surface area (Å²) in [5.74, 6) is 0. The van der Waals surface area contributed by atoms with E-state index in [0.29, 0.717) is 0 Å². The molecule has 0 aromatic carbocycles. The van der Waals surface area contributed by atoms with Crippen LogP contribution < -0.4 is 0 Å². The Labute approximate surface area is 49.7 Å². The smallest absolute Gasteiger partial charge is 0.129 e. The molecular formula is C6H12O2. The molecule has 0 radical (unpaired) electrons. The van der Waals surface area contributed by atoms with Crippen molar-refractivity contribution in [1.29, 1.82) is 0 Å². The third-order valence-electron chi connectivity index (χ3n) is 1.85. The van der Waals surface area contributed by atoms with Gasteiger partial charge in [0, 0.05) is 0 Å². The quantitative estimate of drug-likeness (QED) is 0.509. The van der Waals surface area contributed by atoms with Crippen molar-refractivity contribution < 1.29 is 9.78 Å². The molecule has 0 aromatic heterocycles. The summed E-state index contributed by atoms with van der Waals surface area (Å²) in [6.07, 6.45) is 2.12. The Kier molecular flexibility index (Phi) is 1.54. The summed E-state index contributed by atoms with van der Waals surface area (Å²) in [6, 6.07) is 0. The van der Waals surface area contributed by atoms with Gasteiger partial charge in [-0.15, -0.1) is 0 Å². The largest absolute Gasteiger partial charge is 0.233 e. The number of hydrogen-bond acceptors (Lipinski definition) is 2. The van der Waals surface area contributed by atoms with E-state index in [1.807, 2.05) is 0 Å². The topological polar surface area (TPSA) is 18.5 Å². The molecule has 0 saturated carbocycles. The van der Waals surface area contributed by atoms with Gasteiger partial charge in [0.25, 0.3) is 0 Å². The molecule has 2 heteroatoms. The van der Waals surface area contributed by atoms with Gasteiger partial charge in [-0.05, 0) is 12.8 Å². The van der Waals surface area contributed by atoms with Crippen LogP contribution in [0.25, 0.3) is 0 Å². The Morgan fingerprint density at radius 2 is 1.88 bits per heavy atom. The fourth-order valence-corrected chi connectivity index (χ4v) is 0.798. The second-order valence-corrected chi connectivity index (χ2v) is 2.24. The summed E-state index contributed by atoms with van der Waals surface area (Å²) in [6.45, 7) is 5.01. The van der Waals surface area contributed by atoms with Gasteiger partial charge in [0.15, 0.2) is 0 Å². The second kappa shape index (κ2) is 2.03. The minimum absolute atomic E-state index is 0.0833. The molecule has 0 unspecified atom stereocenters. The van der Waals surface area contributed by atoms with Crippen molar-refractivity contribution in [2.24, 2.45) is 0 Å². The van der Waals surface area contributed by atoms with E-state index < -0.39 is 0 Å². The third kappa shape index (κ3) is 0.740. The SMILES string of the molecule is CCC1(CC)COO1. The minimum Gasteiger partial charge on any atom is -0.233 e. The third-order valence-corrected chi connectivity index (χ3v) is 1.85. The van der Waals surface area contributed by atoms with Gasteiger partial charge in [-0.1, -0.05) is 13.8 Å². The van der Waals surface area contributed by atoms with Gasteiger partial charge >= 0.3 is 0 Å². The molecule has 1 heterocycles. The molecule has 0 aromatic rings. The maximum atomic E-state index is 4.92. The second-order valence-electron chi connectivity index (χ2n) is 2.24. The maximum Gasteiger partial charge on any atom is 0.129 e. The van der Waals surface area contributed by atoms with Crippen molar-refractivity contribution in [2.45, 2.75) is 32.3 Å². The predicted octanol–water partition coefficient (Wildman–Crippen LogP) is 1.51. The van der Waals surface area contributed by atoms with Crippen LogP contribution in [-0.2, 0) is 9.78 Å². The highest BCUT2D eigenvalue weighted by Gasteiger charge is 2.37. The molecule has 1 saturated heterocycles. The van der Waals surface area contributed by atoms with Gasteiger partial charge in [0.05, 0.1) is 0 Å². The first-order valence-corrected chi connectivity index (χ1v) is 3.13. The zero-order valence-electron chi connectivity index (χ0n) is 5.44. The van der Waals surface area contributed by atoms with Crippen molar-refractivity contribution in [3.63, 3.8) is 0 Å². The van der Waals surface area contributed by atoms with E-state index in [2.05, 4.69) is 18.7 Å². The highest BCUT2D eigenvalue weighted by Crippen LogP contribution is 2.28. The van der Waals surface area contributed by atoms with Crippen LogP contribution in [0.3, 0.4) is 0 Å². The van der Waals surface area contributed by atoms with Crippen LogP contribution in [0.5, 0.6) is 0 Å². The molecule has 2 nitrogen and oxygen atoms in total. The van der Waals surface area contributed by atoms with Gasteiger partial charge in [0.1, 0.15) is 12.2 Å². The van der Waals surface area contributed by atoms with E-state index >= 15 is 0 Å². The zero-order chi connectivity index (χ0) is 6.04. The van der Waals surface area contributed by atoms with Gasteiger partial charge in [-0.25, -0.2) is 9.78 Å². The highest BCUT2D eigenvalue weighted by molar-refractivity contribution is 4.78. The lowest BCUT2D eigenvalue weighted by Crippen LogP contribution is -2.46. The average molecular weight is 116 g/mol. The molecular weight excluding hydrogens is 104 g/mol. The van der Waals surface area contributed by atoms with Crippen LogP contribution in [0.1, 0.15) is 26.7 Å². The Balaban J connectivity index is 2.33. The summed E-state index contributed by atoms with van der Waals surface area (Å²) in [4.78, 5) is 9.54. The van der Waals surface area contributed by atoms with Crippen LogP contribution in [0.2, 0.25) is 0 Å². The maximum absolute atomic E-state index is 4.92. The normalized spacial score (nSPS) is 24.8. The van der Waals surface area contributed by atoms with Crippen molar-refractivity contribution in [2.75, 3.05) is 6.61 Å². The van der Waals surface area contributed by atoms with E-state index in [0.717, 1.165) is 19.4 Å². The average Bonchev–Trinajstić information content (AvgIpc) is 1.67. The lowest BCUT2D eigenvalue weighted by Gasteiger charge is -2.37. The molecule has 8 heavy (non-hydrogen) atoms. The Morgan fingerprint density at radius 3 is 1.88 bits per heavy atom. The van der Waals surface area contributed by atoms with Gasteiger partial charge in [-0.2, -0.15) is 0 Å². The lowest BCUT2D eigenvalue weighted by molar-refractivity contribution is -0.472. The monoisotopic (exact) mass is 116 g/mol. The number of hydrogen-bond donors (Lipinski definition) is 0. The van der Waals surface area contributed by atoms with E-state index in [1.54, 1.807) is 0 Å². The van der Waals surface area contributed by atoms with Crippen LogP contribution >= 0.6 is 0 Å². The van der Waals surface area contributed by atoms with E-state index in [4.69, 9.17) is 4.89 Å². The van der Waals surface area contributed by atoms with Gasteiger partial charge in [-0.3, -0.25) is 0 Å². The Hall–Kier alpha value is -0.0800. The molecule has 1 aliphatic heterocycles. The standard InChI is InChI=1S/C6H12O2/c1-3-6(4-2)5-7-8-6/h3-5H2,1-2H3. The zero-order valence-corrected chi connectivity index (χ0v) is 5.44. The summed E-state index contributed by atoms with van der Waals surface area (Å²) in [7, 11) is 0. The highest BCUT2D eigenvalue weighted by atomic mass is 17.2. The fourth-order valence-electron chi connectivity index (χ4n) is 0.798. The molecule has 1 rings (SSSR count). The van der Waals surface area contributed by atoms with Crippen LogP contribution in [0.4, 0.5) is 0 Å². The Morgan fingerprint density at radius 1 is 1.38 bits per heavy atom. The molecule has 0 aliphatic carbocycles. The lowest BCUT2D eigenvalue weighted by atomic mass is 9.98. The summed E-state index contributed by atoms with van der Waals surface area (Å²) < 4.78 is 0. The molecule has 1 aliphatic rings. The summed E-state index contributed by atoms with van der Waals surface area (Å²) in [5.41, 5.74) is 0.0833. The molecule has 0 bridgehead atoms. The molecule has 0 N–H and O–H groups in total. The number of rotatable bonds is 2. The van der Waals surface area contributed by atoms with Crippen molar-refractivity contribution in [1.82, 2.24) is 0 Å². The fraction of sp³-hybridized carbons (Fsp3) is 1.00. The van der Waals surface area contributed by atoms with Crippen molar-refractivity contribution in [3.8, 4) is 0 Å². The molecule has 48 valence electrons.